The van der Waals surface area contributed by atoms with Gasteiger partial charge in [0.2, 0.25) is 10.0 Å². The summed E-state index contributed by atoms with van der Waals surface area (Å²) in [5.41, 5.74) is 0.231. The zero-order chi connectivity index (χ0) is 18.4. The Kier molecular flexibility index (Phi) is 5.94. The normalized spacial score (nSPS) is 12.4. The molecule has 1 aromatic heterocycles. The highest BCUT2D eigenvalue weighted by Gasteiger charge is 2.19. The van der Waals surface area contributed by atoms with E-state index < -0.39 is 28.0 Å². The molecule has 25 heavy (non-hydrogen) atoms. The number of nitrogens with one attached hydrogen (secondary N) is 1. The third-order valence-electron chi connectivity index (χ3n) is 3.26. The molecule has 1 heterocycles. The van der Waals surface area contributed by atoms with Gasteiger partial charge in [0.05, 0.1) is 17.6 Å². The SMILES string of the molecule is C[C@H](OC(=O)CCc1ccco1)C(=O)Nc1cccc(S(N)(=O)=O)c1. The highest BCUT2D eigenvalue weighted by atomic mass is 32.2. The van der Waals surface area contributed by atoms with E-state index in [0.717, 1.165) is 0 Å². The molecule has 1 amide bonds. The predicted molar refractivity (Wildman–Crippen MR) is 89.0 cm³/mol. The number of ether oxygens (including phenoxy) is 1. The van der Waals surface area contributed by atoms with Crippen LogP contribution in [-0.4, -0.2) is 26.4 Å². The van der Waals surface area contributed by atoms with Gasteiger partial charge in [-0.2, -0.15) is 0 Å². The molecule has 1 aromatic carbocycles. The first kappa shape index (κ1) is 18.7. The summed E-state index contributed by atoms with van der Waals surface area (Å²) in [6, 6.07) is 8.92. The fraction of sp³-hybridized carbons (Fsp3) is 0.250. The van der Waals surface area contributed by atoms with Gasteiger partial charge in [0.1, 0.15) is 5.76 Å². The van der Waals surface area contributed by atoms with Crippen molar-refractivity contribution in [3.63, 3.8) is 0 Å². The molecule has 0 aliphatic rings. The van der Waals surface area contributed by atoms with Crippen LogP contribution in [0.1, 0.15) is 19.1 Å². The van der Waals surface area contributed by atoms with E-state index in [0.29, 0.717) is 12.2 Å². The maximum Gasteiger partial charge on any atom is 0.307 e. The van der Waals surface area contributed by atoms with Crippen LogP contribution >= 0.6 is 0 Å². The molecule has 0 bridgehead atoms. The molecule has 2 aromatic rings. The van der Waals surface area contributed by atoms with E-state index in [-0.39, 0.29) is 17.0 Å². The van der Waals surface area contributed by atoms with E-state index in [1.165, 1.54) is 37.5 Å². The van der Waals surface area contributed by atoms with Gasteiger partial charge >= 0.3 is 5.97 Å². The fourth-order valence-electron chi connectivity index (χ4n) is 1.98. The summed E-state index contributed by atoms with van der Waals surface area (Å²) in [6.45, 7) is 1.42. The Morgan fingerprint density at radius 2 is 2.04 bits per heavy atom. The lowest BCUT2D eigenvalue weighted by Gasteiger charge is -2.13. The Morgan fingerprint density at radius 1 is 1.28 bits per heavy atom. The van der Waals surface area contributed by atoms with Crippen molar-refractivity contribution in [2.75, 3.05) is 5.32 Å². The number of hydrogen-bond acceptors (Lipinski definition) is 6. The minimum Gasteiger partial charge on any atom is -0.469 e. The standard InChI is InChI=1S/C16H18N2O6S/c1-11(24-15(19)8-7-13-5-3-9-23-13)16(20)18-12-4-2-6-14(10-12)25(17,21)22/h2-6,9-11H,7-8H2,1H3,(H,18,20)(H2,17,21,22)/t11-/m0/s1. The molecule has 0 saturated heterocycles. The number of amides is 1. The molecule has 8 nitrogen and oxygen atoms in total. The van der Waals surface area contributed by atoms with Crippen LogP contribution in [0.3, 0.4) is 0 Å². The number of carbonyl (C=O) groups is 2. The summed E-state index contributed by atoms with van der Waals surface area (Å²) in [4.78, 5) is 23.7. The van der Waals surface area contributed by atoms with Crippen molar-refractivity contribution in [2.24, 2.45) is 5.14 Å². The average molecular weight is 366 g/mol. The van der Waals surface area contributed by atoms with E-state index >= 15 is 0 Å². The zero-order valence-corrected chi connectivity index (χ0v) is 14.3. The Bertz CT molecular complexity index is 845. The third-order valence-corrected chi connectivity index (χ3v) is 4.17. The molecule has 9 heteroatoms. The molecule has 3 N–H and O–H groups in total. The number of hydrogen-bond donors (Lipinski definition) is 2. The van der Waals surface area contributed by atoms with Gasteiger partial charge in [-0.15, -0.1) is 0 Å². The minimum absolute atomic E-state index is 0.0754. The van der Waals surface area contributed by atoms with Crippen molar-refractivity contribution >= 4 is 27.6 Å². The highest BCUT2D eigenvalue weighted by molar-refractivity contribution is 7.89. The van der Waals surface area contributed by atoms with Crippen molar-refractivity contribution in [1.82, 2.24) is 0 Å². The van der Waals surface area contributed by atoms with Crippen LogP contribution in [0.5, 0.6) is 0 Å². The lowest BCUT2D eigenvalue weighted by Crippen LogP contribution is -2.30. The van der Waals surface area contributed by atoms with Crippen LogP contribution in [0.25, 0.3) is 0 Å². The Balaban J connectivity index is 1.88. The van der Waals surface area contributed by atoms with Crippen LogP contribution in [0, 0.1) is 0 Å². The number of furan rings is 1. The third kappa shape index (κ3) is 5.73. The first-order chi connectivity index (χ1) is 11.8. The summed E-state index contributed by atoms with van der Waals surface area (Å²) >= 11 is 0. The maximum absolute atomic E-state index is 12.1. The van der Waals surface area contributed by atoms with Gasteiger partial charge < -0.3 is 14.5 Å². The fourth-order valence-corrected chi connectivity index (χ4v) is 2.54. The Morgan fingerprint density at radius 3 is 2.68 bits per heavy atom. The quantitative estimate of drug-likeness (QED) is 0.713. The number of sulfonamides is 1. The summed E-state index contributed by atoms with van der Waals surface area (Å²) in [7, 11) is -3.87. The van der Waals surface area contributed by atoms with Crippen molar-refractivity contribution in [2.45, 2.75) is 30.8 Å². The number of benzene rings is 1. The van der Waals surface area contributed by atoms with E-state index in [1.54, 1.807) is 12.1 Å². The van der Waals surface area contributed by atoms with Crippen molar-refractivity contribution < 1.29 is 27.2 Å². The maximum atomic E-state index is 12.1. The van der Waals surface area contributed by atoms with Crippen LogP contribution in [0.4, 0.5) is 5.69 Å². The van der Waals surface area contributed by atoms with Gasteiger partial charge in [-0.05, 0) is 37.3 Å². The molecule has 0 radical (unpaired) electrons. The van der Waals surface area contributed by atoms with E-state index in [1.807, 2.05) is 0 Å². The van der Waals surface area contributed by atoms with Crippen molar-refractivity contribution in [3.05, 3.63) is 48.4 Å². The van der Waals surface area contributed by atoms with E-state index in [9.17, 15) is 18.0 Å². The van der Waals surface area contributed by atoms with Gasteiger partial charge in [0, 0.05) is 12.1 Å². The van der Waals surface area contributed by atoms with Crippen LogP contribution in [-0.2, 0) is 30.8 Å². The molecule has 0 saturated carbocycles. The zero-order valence-electron chi connectivity index (χ0n) is 13.5. The number of rotatable bonds is 7. The number of carbonyl (C=O) groups excluding carboxylic acids is 2. The molecule has 0 fully saturated rings. The predicted octanol–water partition coefficient (Wildman–Crippen LogP) is 1.43. The second-order valence-electron chi connectivity index (χ2n) is 5.27. The summed E-state index contributed by atoms with van der Waals surface area (Å²) < 4.78 is 32.8. The number of primary sulfonamides is 1. The molecule has 1 atom stereocenters. The molecular weight excluding hydrogens is 348 g/mol. The van der Waals surface area contributed by atoms with E-state index in [4.69, 9.17) is 14.3 Å². The van der Waals surface area contributed by atoms with Crippen molar-refractivity contribution in [1.29, 1.82) is 0 Å². The largest absolute Gasteiger partial charge is 0.469 e. The number of aryl methyl sites for hydroxylation is 1. The molecule has 0 aliphatic heterocycles. The number of esters is 1. The molecule has 134 valence electrons. The Labute approximate surface area is 145 Å². The van der Waals surface area contributed by atoms with Gasteiger partial charge in [-0.25, -0.2) is 13.6 Å². The lowest BCUT2D eigenvalue weighted by molar-refractivity contribution is -0.153. The minimum atomic E-state index is -3.87. The molecular formula is C16H18N2O6S. The summed E-state index contributed by atoms with van der Waals surface area (Å²) in [5, 5.41) is 7.51. The van der Waals surface area contributed by atoms with E-state index in [2.05, 4.69) is 5.32 Å². The topological polar surface area (TPSA) is 129 Å². The summed E-state index contributed by atoms with van der Waals surface area (Å²) in [6.07, 6.45) is 0.914. The first-order valence-electron chi connectivity index (χ1n) is 7.41. The van der Waals surface area contributed by atoms with Gasteiger partial charge in [-0.1, -0.05) is 6.07 Å². The van der Waals surface area contributed by atoms with Gasteiger partial charge in [0.25, 0.3) is 5.91 Å². The molecule has 0 spiro atoms. The smallest absolute Gasteiger partial charge is 0.307 e. The monoisotopic (exact) mass is 366 g/mol. The number of nitrogens with two attached hydrogens (primary N) is 1. The Hall–Kier alpha value is -2.65. The highest BCUT2D eigenvalue weighted by Crippen LogP contribution is 2.15. The van der Waals surface area contributed by atoms with Gasteiger partial charge in [-0.3, -0.25) is 9.59 Å². The van der Waals surface area contributed by atoms with Crippen LogP contribution in [0.15, 0.2) is 52.0 Å². The second kappa shape index (κ2) is 7.95. The van der Waals surface area contributed by atoms with Crippen LogP contribution in [0.2, 0.25) is 0 Å². The molecule has 0 unspecified atom stereocenters. The van der Waals surface area contributed by atoms with Gasteiger partial charge in [0.15, 0.2) is 6.10 Å². The molecule has 2 rings (SSSR count). The van der Waals surface area contributed by atoms with Crippen LogP contribution < -0.4 is 10.5 Å². The molecule has 0 aliphatic carbocycles. The number of anilines is 1. The second-order valence-corrected chi connectivity index (χ2v) is 6.83. The van der Waals surface area contributed by atoms with Crippen molar-refractivity contribution in [3.8, 4) is 0 Å². The summed E-state index contributed by atoms with van der Waals surface area (Å²) in [5.74, 6) is -0.482. The lowest BCUT2D eigenvalue weighted by atomic mass is 10.2. The first-order valence-corrected chi connectivity index (χ1v) is 8.96. The average Bonchev–Trinajstić information content (AvgIpc) is 3.05.